The largest absolute Gasteiger partial charge is 0.481 e. The molecule has 0 bridgehead atoms. The molecule has 2 rings (SSSR count). The van der Waals surface area contributed by atoms with Crippen LogP contribution >= 0.6 is 0 Å². The van der Waals surface area contributed by atoms with E-state index in [9.17, 15) is 9.59 Å². The van der Waals surface area contributed by atoms with Crippen LogP contribution in [0.4, 0.5) is 0 Å². The van der Waals surface area contributed by atoms with Gasteiger partial charge >= 0.3 is 5.97 Å². The number of carbonyl (C=O) groups is 2. The number of carbonyl (C=O) groups excluding carboxylic acids is 1. The van der Waals surface area contributed by atoms with Crippen LogP contribution in [0.5, 0.6) is 0 Å². The SMILES string of the molecule is CC(CN(C)C(=O)C(C)n1nnc(-c2ccccc2)n1)C(=O)O. The third-order valence-electron chi connectivity index (χ3n) is 3.51. The van der Waals surface area contributed by atoms with Gasteiger partial charge in [0.05, 0.1) is 5.92 Å². The van der Waals surface area contributed by atoms with Crippen LogP contribution in [0.25, 0.3) is 11.4 Å². The molecule has 8 nitrogen and oxygen atoms in total. The van der Waals surface area contributed by atoms with Crippen molar-refractivity contribution in [3.8, 4) is 11.4 Å². The van der Waals surface area contributed by atoms with Crippen LogP contribution in [0.15, 0.2) is 30.3 Å². The summed E-state index contributed by atoms with van der Waals surface area (Å²) >= 11 is 0. The maximum Gasteiger partial charge on any atom is 0.308 e. The molecule has 1 N–H and O–H groups in total. The number of hydrogen-bond acceptors (Lipinski definition) is 5. The maximum absolute atomic E-state index is 12.4. The Morgan fingerprint density at radius 1 is 1.26 bits per heavy atom. The van der Waals surface area contributed by atoms with E-state index in [1.807, 2.05) is 30.3 Å². The summed E-state index contributed by atoms with van der Waals surface area (Å²) in [7, 11) is 1.56. The second-order valence-corrected chi connectivity index (χ2v) is 5.43. The first-order valence-electron chi connectivity index (χ1n) is 7.23. The summed E-state index contributed by atoms with van der Waals surface area (Å²) in [5, 5.41) is 21.0. The molecule has 1 heterocycles. The number of hydrogen-bond donors (Lipinski definition) is 1. The van der Waals surface area contributed by atoms with Gasteiger partial charge in [0.25, 0.3) is 0 Å². The molecule has 0 spiro atoms. The molecule has 122 valence electrons. The number of nitrogens with zero attached hydrogens (tertiary/aromatic N) is 5. The number of benzene rings is 1. The molecule has 23 heavy (non-hydrogen) atoms. The van der Waals surface area contributed by atoms with Crippen LogP contribution in [0.3, 0.4) is 0 Å². The summed E-state index contributed by atoms with van der Waals surface area (Å²) in [6.45, 7) is 3.33. The Morgan fingerprint density at radius 3 is 2.52 bits per heavy atom. The maximum atomic E-state index is 12.4. The average Bonchev–Trinajstić information content (AvgIpc) is 3.04. The lowest BCUT2D eigenvalue weighted by Crippen LogP contribution is -2.38. The number of aromatic nitrogens is 4. The Labute approximate surface area is 133 Å². The van der Waals surface area contributed by atoms with Crippen molar-refractivity contribution in [2.75, 3.05) is 13.6 Å². The normalized spacial score (nSPS) is 13.3. The highest BCUT2D eigenvalue weighted by Gasteiger charge is 2.24. The van der Waals surface area contributed by atoms with Crippen molar-refractivity contribution >= 4 is 11.9 Å². The molecular formula is C15H19N5O3. The van der Waals surface area contributed by atoms with Gasteiger partial charge in [0, 0.05) is 19.2 Å². The van der Waals surface area contributed by atoms with Crippen molar-refractivity contribution in [1.82, 2.24) is 25.1 Å². The van der Waals surface area contributed by atoms with E-state index in [1.165, 1.54) is 9.70 Å². The van der Waals surface area contributed by atoms with Crippen molar-refractivity contribution < 1.29 is 14.7 Å². The zero-order valence-electron chi connectivity index (χ0n) is 13.2. The molecule has 0 aliphatic rings. The lowest BCUT2D eigenvalue weighted by atomic mass is 10.1. The van der Waals surface area contributed by atoms with E-state index >= 15 is 0 Å². The Hall–Kier alpha value is -2.77. The third kappa shape index (κ3) is 3.91. The van der Waals surface area contributed by atoms with Gasteiger partial charge in [0.1, 0.15) is 6.04 Å². The quantitative estimate of drug-likeness (QED) is 0.855. The van der Waals surface area contributed by atoms with Gasteiger partial charge in [-0.2, -0.15) is 4.80 Å². The van der Waals surface area contributed by atoms with E-state index in [2.05, 4.69) is 15.4 Å². The fraction of sp³-hybridized carbons (Fsp3) is 0.400. The van der Waals surface area contributed by atoms with E-state index in [4.69, 9.17) is 5.11 Å². The fourth-order valence-corrected chi connectivity index (χ4v) is 2.09. The third-order valence-corrected chi connectivity index (χ3v) is 3.51. The summed E-state index contributed by atoms with van der Waals surface area (Å²) in [5.74, 6) is -1.41. The van der Waals surface area contributed by atoms with Gasteiger partial charge in [-0.15, -0.1) is 10.2 Å². The standard InChI is InChI=1S/C15H19N5O3/c1-10(15(22)23)9-19(3)14(21)11(2)20-17-13(16-18-20)12-7-5-4-6-8-12/h4-8,10-11H,9H2,1-3H3,(H,22,23). The topological polar surface area (TPSA) is 101 Å². The molecule has 0 saturated carbocycles. The second kappa shape index (κ2) is 6.99. The second-order valence-electron chi connectivity index (χ2n) is 5.43. The molecular weight excluding hydrogens is 298 g/mol. The first-order chi connectivity index (χ1) is 10.9. The number of rotatable bonds is 6. The molecule has 0 radical (unpaired) electrons. The van der Waals surface area contributed by atoms with Gasteiger partial charge in [-0.05, 0) is 12.1 Å². The predicted octanol–water partition coefficient (Wildman–Crippen LogP) is 1.08. The molecule has 2 atom stereocenters. The number of carboxylic acid groups (broad SMARTS) is 1. The lowest BCUT2D eigenvalue weighted by Gasteiger charge is -2.22. The lowest BCUT2D eigenvalue weighted by molar-refractivity contribution is -0.143. The fourth-order valence-electron chi connectivity index (χ4n) is 2.09. The van der Waals surface area contributed by atoms with Crippen molar-refractivity contribution in [2.24, 2.45) is 5.92 Å². The minimum Gasteiger partial charge on any atom is -0.481 e. The Bertz CT molecular complexity index is 685. The van der Waals surface area contributed by atoms with Gasteiger partial charge in [0.2, 0.25) is 11.7 Å². The summed E-state index contributed by atoms with van der Waals surface area (Å²) in [6.07, 6.45) is 0. The predicted molar refractivity (Wildman–Crippen MR) is 82.4 cm³/mol. The number of likely N-dealkylation sites (N-methyl/N-ethyl adjacent to an activating group) is 1. The molecule has 0 fully saturated rings. The zero-order chi connectivity index (χ0) is 17.0. The van der Waals surface area contributed by atoms with Crippen LogP contribution in [-0.2, 0) is 9.59 Å². The molecule has 1 aromatic heterocycles. The van der Waals surface area contributed by atoms with Crippen molar-refractivity contribution in [3.05, 3.63) is 30.3 Å². The summed E-state index contributed by atoms with van der Waals surface area (Å²) in [5.41, 5.74) is 0.811. The Kier molecular flexibility index (Phi) is 5.05. The minimum atomic E-state index is -0.942. The van der Waals surface area contributed by atoms with Crippen molar-refractivity contribution in [2.45, 2.75) is 19.9 Å². The minimum absolute atomic E-state index is 0.124. The first kappa shape index (κ1) is 16.6. The number of amides is 1. The van der Waals surface area contributed by atoms with E-state index in [-0.39, 0.29) is 12.5 Å². The smallest absolute Gasteiger partial charge is 0.308 e. The molecule has 1 amide bonds. The Morgan fingerprint density at radius 2 is 1.91 bits per heavy atom. The van der Waals surface area contributed by atoms with Crippen LogP contribution in [-0.4, -0.2) is 55.7 Å². The zero-order valence-corrected chi connectivity index (χ0v) is 13.2. The Balaban J connectivity index is 2.08. The monoisotopic (exact) mass is 317 g/mol. The number of aliphatic carboxylic acids is 1. The molecule has 2 aromatic rings. The summed E-state index contributed by atoms with van der Waals surface area (Å²) in [4.78, 5) is 25.8. The number of carboxylic acids is 1. The van der Waals surface area contributed by atoms with Crippen LogP contribution < -0.4 is 0 Å². The van der Waals surface area contributed by atoms with Crippen molar-refractivity contribution in [1.29, 1.82) is 0 Å². The highest BCUT2D eigenvalue weighted by molar-refractivity contribution is 5.80. The highest BCUT2D eigenvalue weighted by Crippen LogP contribution is 2.14. The molecule has 8 heteroatoms. The van der Waals surface area contributed by atoms with Gasteiger partial charge in [-0.1, -0.05) is 37.3 Å². The van der Waals surface area contributed by atoms with Crippen LogP contribution in [0, 0.1) is 5.92 Å². The number of tetrazole rings is 1. The van der Waals surface area contributed by atoms with E-state index < -0.39 is 17.9 Å². The average molecular weight is 317 g/mol. The van der Waals surface area contributed by atoms with Gasteiger partial charge < -0.3 is 10.0 Å². The summed E-state index contributed by atoms with van der Waals surface area (Å²) in [6, 6.07) is 8.67. The van der Waals surface area contributed by atoms with E-state index in [1.54, 1.807) is 20.9 Å². The van der Waals surface area contributed by atoms with E-state index in [0.717, 1.165) is 5.56 Å². The summed E-state index contributed by atoms with van der Waals surface area (Å²) < 4.78 is 0. The van der Waals surface area contributed by atoms with Gasteiger partial charge in [-0.3, -0.25) is 9.59 Å². The highest BCUT2D eigenvalue weighted by atomic mass is 16.4. The van der Waals surface area contributed by atoms with Crippen LogP contribution in [0.2, 0.25) is 0 Å². The molecule has 1 aromatic carbocycles. The molecule has 2 unspecified atom stereocenters. The first-order valence-corrected chi connectivity index (χ1v) is 7.23. The van der Waals surface area contributed by atoms with E-state index in [0.29, 0.717) is 5.82 Å². The molecule has 0 aliphatic heterocycles. The van der Waals surface area contributed by atoms with Crippen LogP contribution in [0.1, 0.15) is 19.9 Å². The molecule has 0 saturated heterocycles. The van der Waals surface area contributed by atoms with Gasteiger partial charge in [0.15, 0.2) is 0 Å². The van der Waals surface area contributed by atoms with Crippen molar-refractivity contribution in [3.63, 3.8) is 0 Å². The molecule has 0 aliphatic carbocycles. The van der Waals surface area contributed by atoms with Gasteiger partial charge in [-0.25, -0.2) is 0 Å².